The predicted octanol–water partition coefficient (Wildman–Crippen LogP) is 3.25. The molecular weight excluding hydrogens is 364 g/mol. The highest BCUT2D eigenvalue weighted by molar-refractivity contribution is 7.12. The third kappa shape index (κ3) is 4.42. The molecule has 1 aromatic heterocycles. The summed E-state index contributed by atoms with van der Waals surface area (Å²) in [5.41, 5.74) is 1.04. The molecule has 1 fully saturated rings. The van der Waals surface area contributed by atoms with Crippen LogP contribution in [0.25, 0.3) is 0 Å². The highest BCUT2D eigenvalue weighted by atomic mass is 32.1. The van der Waals surface area contributed by atoms with Gasteiger partial charge in [0.2, 0.25) is 5.91 Å². The Labute approximate surface area is 163 Å². The molecular formula is C20H24N2O4S. The first-order valence-electron chi connectivity index (χ1n) is 8.97. The lowest BCUT2D eigenvalue weighted by molar-refractivity contribution is -0.132. The number of nitrogens with one attached hydrogen (secondary N) is 1. The molecule has 1 N–H and O–H groups in total. The van der Waals surface area contributed by atoms with Crippen LogP contribution in [0.4, 0.5) is 0 Å². The molecule has 1 aliphatic heterocycles. The Balaban J connectivity index is 1.60. The van der Waals surface area contributed by atoms with E-state index in [1.165, 1.54) is 11.3 Å². The first-order chi connectivity index (χ1) is 13.1. The van der Waals surface area contributed by atoms with Crippen LogP contribution in [0.5, 0.6) is 11.5 Å². The number of carbonyl (C=O) groups is 2. The molecule has 7 heteroatoms. The molecule has 1 saturated heterocycles. The Morgan fingerprint density at radius 3 is 2.74 bits per heavy atom. The molecule has 0 aliphatic carbocycles. The van der Waals surface area contributed by atoms with Crippen LogP contribution in [0.3, 0.4) is 0 Å². The van der Waals surface area contributed by atoms with Gasteiger partial charge in [-0.15, -0.1) is 11.3 Å². The highest BCUT2D eigenvalue weighted by Gasteiger charge is 2.30. The molecule has 1 aliphatic rings. The van der Waals surface area contributed by atoms with Crippen LogP contribution in [0.15, 0.2) is 35.7 Å². The maximum Gasteiger partial charge on any atom is 0.261 e. The minimum absolute atomic E-state index is 0.0327. The maximum absolute atomic E-state index is 12.7. The molecule has 2 amide bonds. The van der Waals surface area contributed by atoms with Crippen molar-refractivity contribution in [1.29, 1.82) is 0 Å². The van der Waals surface area contributed by atoms with Crippen molar-refractivity contribution in [2.45, 2.75) is 25.3 Å². The Morgan fingerprint density at radius 1 is 1.22 bits per heavy atom. The average Bonchev–Trinajstić information content (AvgIpc) is 3.39. The van der Waals surface area contributed by atoms with E-state index in [0.29, 0.717) is 29.3 Å². The normalized spacial score (nSPS) is 16.2. The van der Waals surface area contributed by atoms with Crippen LogP contribution in [-0.4, -0.2) is 44.0 Å². The van der Waals surface area contributed by atoms with Crippen molar-refractivity contribution in [3.63, 3.8) is 0 Å². The molecule has 3 rings (SSSR count). The van der Waals surface area contributed by atoms with Gasteiger partial charge in [-0.2, -0.15) is 0 Å². The van der Waals surface area contributed by atoms with Crippen molar-refractivity contribution in [1.82, 2.24) is 10.2 Å². The zero-order chi connectivity index (χ0) is 19.2. The summed E-state index contributed by atoms with van der Waals surface area (Å²) in [4.78, 5) is 27.2. The number of hydrogen-bond donors (Lipinski definition) is 1. The molecule has 144 valence electrons. The number of amides is 2. The van der Waals surface area contributed by atoms with Gasteiger partial charge in [-0.1, -0.05) is 12.1 Å². The quantitative estimate of drug-likeness (QED) is 0.791. The van der Waals surface area contributed by atoms with Crippen LogP contribution < -0.4 is 14.8 Å². The SMILES string of the molecule is COc1ccc(C2CCCN2C(=O)CCNC(=O)c2cccs2)cc1OC. The van der Waals surface area contributed by atoms with Gasteiger partial charge in [0.05, 0.1) is 25.1 Å². The Kier molecular flexibility index (Phi) is 6.34. The van der Waals surface area contributed by atoms with Crippen molar-refractivity contribution in [3.8, 4) is 11.5 Å². The fourth-order valence-corrected chi connectivity index (χ4v) is 4.03. The zero-order valence-corrected chi connectivity index (χ0v) is 16.4. The number of hydrogen-bond acceptors (Lipinski definition) is 5. The second-order valence-corrected chi connectivity index (χ2v) is 7.29. The Bertz CT molecular complexity index is 791. The van der Waals surface area contributed by atoms with Gasteiger partial charge in [-0.05, 0) is 42.0 Å². The molecule has 6 nitrogen and oxygen atoms in total. The Hall–Kier alpha value is -2.54. The number of thiophene rings is 1. The van der Waals surface area contributed by atoms with E-state index < -0.39 is 0 Å². The van der Waals surface area contributed by atoms with Crippen molar-refractivity contribution >= 4 is 23.2 Å². The second-order valence-electron chi connectivity index (χ2n) is 6.34. The molecule has 1 unspecified atom stereocenters. The van der Waals surface area contributed by atoms with Gasteiger partial charge in [0.1, 0.15) is 0 Å². The molecule has 2 aromatic rings. The van der Waals surface area contributed by atoms with E-state index in [-0.39, 0.29) is 17.9 Å². The summed E-state index contributed by atoms with van der Waals surface area (Å²) in [6.45, 7) is 1.07. The molecule has 1 aromatic carbocycles. The van der Waals surface area contributed by atoms with E-state index in [9.17, 15) is 9.59 Å². The second kappa shape index (κ2) is 8.90. The number of rotatable bonds is 7. The summed E-state index contributed by atoms with van der Waals surface area (Å²) < 4.78 is 10.7. The van der Waals surface area contributed by atoms with Gasteiger partial charge in [-0.3, -0.25) is 9.59 Å². The standard InChI is InChI=1S/C20H24N2O4S/c1-25-16-8-7-14(13-17(16)26-2)15-5-3-11-22(15)19(23)9-10-21-20(24)18-6-4-12-27-18/h4,6-8,12-13,15H,3,5,9-11H2,1-2H3,(H,21,24). The smallest absolute Gasteiger partial charge is 0.261 e. The fourth-order valence-electron chi connectivity index (χ4n) is 3.39. The lowest BCUT2D eigenvalue weighted by atomic mass is 10.0. The highest BCUT2D eigenvalue weighted by Crippen LogP contribution is 2.37. The lowest BCUT2D eigenvalue weighted by Crippen LogP contribution is -2.34. The van der Waals surface area contributed by atoms with Crippen LogP contribution >= 0.6 is 11.3 Å². The van der Waals surface area contributed by atoms with Gasteiger partial charge in [0.15, 0.2) is 11.5 Å². The van der Waals surface area contributed by atoms with E-state index in [1.807, 2.05) is 34.5 Å². The monoisotopic (exact) mass is 388 g/mol. The minimum atomic E-state index is -0.129. The van der Waals surface area contributed by atoms with Crippen molar-refractivity contribution in [3.05, 3.63) is 46.2 Å². The summed E-state index contributed by atoms with van der Waals surface area (Å²) in [5, 5.41) is 4.67. The zero-order valence-electron chi connectivity index (χ0n) is 15.6. The molecule has 1 atom stereocenters. The summed E-state index contributed by atoms with van der Waals surface area (Å²) in [7, 11) is 3.21. The van der Waals surface area contributed by atoms with Gasteiger partial charge in [-0.25, -0.2) is 0 Å². The molecule has 2 heterocycles. The number of benzene rings is 1. The summed E-state index contributed by atoms with van der Waals surface area (Å²) in [6, 6.07) is 9.43. The van der Waals surface area contributed by atoms with Crippen molar-refractivity contribution in [2.24, 2.45) is 0 Å². The molecule has 27 heavy (non-hydrogen) atoms. The summed E-state index contributed by atoms with van der Waals surface area (Å²) in [5.74, 6) is 1.26. The van der Waals surface area contributed by atoms with Crippen LogP contribution in [0, 0.1) is 0 Å². The summed E-state index contributed by atoms with van der Waals surface area (Å²) >= 11 is 1.39. The predicted molar refractivity (Wildman–Crippen MR) is 105 cm³/mol. The van der Waals surface area contributed by atoms with E-state index >= 15 is 0 Å². The van der Waals surface area contributed by atoms with Gasteiger partial charge in [0.25, 0.3) is 5.91 Å². The molecule has 0 spiro atoms. The average molecular weight is 388 g/mol. The molecule has 0 bridgehead atoms. The number of carbonyl (C=O) groups excluding carboxylic acids is 2. The number of ether oxygens (including phenoxy) is 2. The van der Waals surface area contributed by atoms with E-state index in [4.69, 9.17) is 9.47 Å². The molecule has 0 radical (unpaired) electrons. The third-order valence-electron chi connectivity index (χ3n) is 4.73. The number of nitrogens with zero attached hydrogens (tertiary/aromatic N) is 1. The van der Waals surface area contributed by atoms with Crippen molar-refractivity contribution in [2.75, 3.05) is 27.3 Å². The first kappa shape index (κ1) is 19.2. The topological polar surface area (TPSA) is 67.9 Å². The number of likely N-dealkylation sites (tertiary alicyclic amines) is 1. The minimum Gasteiger partial charge on any atom is -0.493 e. The Morgan fingerprint density at radius 2 is 2.04 bits per heavy atom. The van der Waals surface area contributed by atoms with Crippen LogP contribution in [0.2, 0.25) is 0 Å². The fraction of sp³-hybridized carbons (Fsp3) is 0.400. The lowest BCUT2D eigenvalue weighted by Gasteiger charge is -2.26. The first-order valence-corrected chi connectivity index (χ1v) is 9.85. The maximum atomic E-state index is 12.7. The third-order valence-corrected chi connectivity index (χ3v) is 5.60. The summed E-state index contributed by atoms with van der Waals surface area (Å²) in [6.07, 6.45) is 2.18. The van der Waals surface area contributed by atoms with Crippen LogP contribution in [0.1, 0.15) is 40.5 Å². The van der Waals surface area contributed by atoms with E-state index in [0.717, 1.165) is 24.9 Å². The van der Waals surface area contributed by atoms with E-state index in [2.05, 4.69) is 5.32 Å². The molecule has 0 saturated carbocycles. The van der Waals surface area contributed by atoms with Gasteiger partial charge >= 0.3 is 0 Å². The van der Waals surface area contributed by atoms with E-state index in [1.54, 1.807) is 20.3 Å². The van der Waals surface area contributed by atoms with Gasteiger partial charge < -0.3 is 19.7 Å². The number of methoxy groups -OCH3 is 2. The van der Waals surface area contributed by atoms with Crippen LogP contribution in [-0.2, 0) is 4.79 Å². The largest absolute Gasteiger partial charge is 0.493 e. The van der Waals surface area contributed by atoms with Gasteiger partial charge in [0, 0.05) is 19.5 Å². The van der Waals surface area contributed by atoms with Crippen molar-refractivity contribution < 1.29 is 19.1 Å².